The van der Waals surface area contributed by atoms with E-state index in [1.807, 2.05) is 19.9 Å². The van der Waals surface area contributed by atoms with Gasteiger partial charge in [0.25, 0.3) is 0 Å². The van der Waals surface area contributed by atoms with Crippen LogP contribution in [0.5, 0.6) is 0 Å². The molecule has 0 radical (unpaired) electrons. The molecule has 0 aliphatic heterocycles. The predicted molar refractivity (Wildman–Crippen MR) is 102 cm³/mol. The van der Waals surface area contributed by atoms with Crippen LogP contribution in [-0.4, -0.2) is 34.3 Å². The number of aromatic nitrogens is 2. The minimum atomic E-state index is -0.165. The monoisotopic (exact) mass is 358 g/mol. The number of ketones is 1. The molecule has 1 aliphatic rings. The Morgan fingerprint density at radius 2 is 2.08 bits per heavy atom. The van der Waals surface area contributed by atoms with E-state index in [1.165, 1.54) is 29.3 Å². The molecular weight excluding hydrogens is 332 g/mol. The number of thioether (sulfide) groups is 1. The number of imidazole rings is 1. The van der Waals surface area contributed by atoms with Crippen molar-refractivity contribution in [1.29, 1.82) is 0 Å². The van der Waals surface area contributed by atoms with Crippen LogP contribution in [0.4, 0.5) is 0 Å². The molecule has 4 nitrogen and oxygen atoms in total. The first-order valence-corrected chi connectivity index (χ1v) is 9.74. The number of carbonyl (C=O) groups is 1. The van der Waals surface area contributed by atoms with Gasteiger partial charge in [-0.2, -0.15) is 0 Å². The van der Waals surface area contributed by atoms with Crippen LogP contribution in [0.15, 0.2) is 23.4 Å². The molecule has 0 fully saturated rings. The second-order valence-electron chi connectivity index (χ2n) is 6.67. The van der Waals surface area contributed by atoms with E-state index in [9.17, 15) is 4.79 Å². The van der Waals surface area contributed by atoms with Gasteiger partial charge in [0.1, 0.15) is 0 Å². The van der Waals surface area contributed by atoms with Gasteiger partial charge in [-0.3, -0.25) is 4.79 Å². The molecule has 1 aliphatic carbocycles. The lowest BCUT2D eigenvalue weighted by molar-refractivity contribution is 0.0993. The summed E-state index contributed by atoms with van der Waals surface area (Å²) < 4.78 is 7.35. The number of nitrogens with zero attached hydrogens (tertiary/aromatic N) is 2. The number of Topliss-reactive ketones (excluding diaryl/α,β-unsaturated/α-hetero) is 1. The predicted octanol–water partition coefficient (Wildman–Crippen LogP) is 4.00. The van der Waals surface area contributed by atoms with Gasteiger partial charge in [0.2, 0.25) is 0 Å². The Morgan fingerprint density at radius 1 is 1.32 bits per heavy atom. The van der Waals surface area contributed by atoms with Crippen LogP contribution in [0.25, 0.3) is 0 Å². The summed E-state index contributed by atoms with van der Waals surface area (Å²) in [5.74, 6) is 0.177. The van der Waals surface area contributed by atoms with Crippen LogP contribution in [0.2, 0.25) is 0 Å². The first-order chi connectivity index (χ1) is 12.0. The molecule has 1 aromatic carbocycles. The number of carbonyl (C=O) groups excluding carboxylic acids is 1. The lowest BCUT2D eigenvalue weighted by Gasteiger charge is -2.13. The molecule has 2 aromatic rings. The van der Waals surface area contributed by atoms with Crippen molar-refractivity contribution in [2.45, 2.75) is 57.0 Å². The quantitative estimate of drug-likeness (QED) is 0.554. The summed E-state index contributed by atoms with van der Waals surface area (Å²) >= 11 is 1.54. The van der Waals surface area contributed by atoms with Crippen molar-refractivity contribution in [3.05, 3.63) is 46.3 Å². The summed E-state index contributed by atoms with van der Waals surface area (Å²) in [5.41, 5.74) is 5.71. The van der Waals surface area contributed by atoms with Crippen LogP contribution in [0, 0.1) is 13.8 Å². The van der Waals surface area contributed by atoms with Crippen LogP contribution in [-0.2, 0) is 24.1 Å². The van der Waals surface area contributed by atoms with Crippen LogP contribution < -0.4 is 0 Å². The molecule has 1 unspecified atom stereocenters. The van der Waals surface area contributed by atoms with E-state index in [2.05, 4.69) is 28.6 Å². The van der Waals surface area contributed by atoms with Gasteiger partial charge in [0.15, 0.2) is 10.9 Å². The first-order valence-electron chi connectivity index (χ1n) is 8.86. The number of rotatable bonds is 7. The maximum Gasteiger partial charge on any atom is 0.176 e. The molecular formula is C20H26N2O2S. The highest BCUT2D eigenvalue weighted by atomic mass is 32.2. The normalized spacial score (nSPS) is 14.6. The zero-order chi connectivity index (χ0) is 18.0. The van der Waals surface area contributed by atoms with Crippen molar-refractivity contribution in [3.63, 3.8) is 0 Å². The van der Waals surface area contributed by atoms with E-state index in [-0.39, 0.29) is 11.0 Å². The highest BCUT2D eigenvalue weighted by Gasteiger charge is 2.22. The Labute approximate surface area is 154 Å². The number of benzene rings is 1. The molecule has 25 heavy (non-hydrogen) atoms. The summed E-state index contributed by atoms with van der Waals surface area (Å²) in [7, 11) is 1.70. The summed E-state index contributed by atoms with van der Waals surface area (Å²) in [6, 6.07) is 6.20. The fourth-order valence-electron chi connectivity index (χ4n) is 3.33. The summed E-state index contributed by atoms with van der Waals surface area (Å²) in [6.07, 6.45) is 3.44. The molecule has 3 rings (SSSR count). The zero-order valence-electron chi connectivity index (χ0n) is 15.5. The van der Waals surface area contributed by atoms with E-state index in [4.69, 9.17) is 4.74 Å². The fourth-order valence-corrected chi connectivity index (χ4v) is 4.44. The third kappa shape index (κ3) is 3.82. The number of fused-ring (bicyclic) bond motifs is 1. The average Bonchev–Trinajstić information content (AvgIpc) is 3.17. The molecule has 0 N–H and O–H groups in total. The first kappa shape index (κ1) is 18.2. The van der Waals surface area contributed by atoms with E-state index in [0.29, 0.717) is 6.61 Å². The largest absolute Gasteiger partial charge is 0.383 e. The maximum absolute atomic E-state index is 12.9. The molecule has 1 heterocycles. The Bertz CT molecular complexity index is 782. The SMILES string of the molecule is COCCn1c(SC(C)C(=O)c2ccc3c(c2)CCC3)nc(C)c1C. The van der Waals surface area contributed by atoms with Gasteiger partial charge in [0, 0.05) is 24.9 Å². The maximum atomic E-state index is 12.9. The van der Waals surface area contributed by atoms with E-state index in [0.717, 1.165) is 41.5 Å². The van der Waals surface area contributed by atoms with Crippen LogP contribution >= 0.6 is 11.8 Å². The second kappa shape index (κ2) is 7.75. The number of hydrogen-bond acceptors (Lipinski definition) is 4. The molecule has 0 bridgehead atoms. The third-order valence-electron chi connectivity index (χ3n) is 4.98. The van der Waals surface area contributed by atoms with E-state index >= 15 is 0 Å². The van der Waals surface area contributed by atoms with Crippen LogP contribution in [0.3, 0.4) is 0 Å². The van der Waals surface area contributed by atoms with Crippen LogP contribution in [0.1, 0.15) is 46.2 Å². The third-order valence-corrected chi connectivity index (χ3v) is 6.07. The van der Waals surface area contributed by atoms with Crippen molar-refractivity contribution in [3.8, 4) is 0 Å². The van der Waals surface area contributed by atoms with Crippen molar-refractivity contribution in [2.24, 2.45) is 0 Å². The Kier molecular flexibility index (Phi) is 5.64. The molecule has 1 atom stereocenters. The fraction of sp³-hybridized carbons (Fsp3) is 0.500. The topological polar surface area (TPSA) is 44.1 Å². The standard InChI is InChI=1S/C20H26N2O2S/c1-13-14(2)22(10-11-24-4)20(21-13)25-15(3)19(23)18-9-8-16-6-5-7-17(16)12-18/h8-9,12,15H,5-7,10-11H2,1-4H3. The van der Waals surface area contributed by atoms with Gasteiger partial charge in [0.05, 0.1) is 17.6 Å². The highest BCUT2D eigenvalue weighted by molar-refractivity contribution is 8.00. The summed E-state index contributed by atoms with van der Waals surface area (Å²) in [6.45, 7) is 7.44. The molecule has 0 saturated carbocycles. The molecule has 0 amide bonds. The minimum Gasteiger partial charge on any atom is -0.383 e. The lowest BCUT2D eigenvalue weighted by atomic mass is 10.0. The van der Waals surface area contributed by atoms with E-state index in [1.54, 1.807) is 7.11 Å². The van der Waals surface area contributed by atoms with Crippen molar-refractivity contribution in [1.82, 2.24) is 9.55 Å². The van der Waals surface area contributed by atoms with Gasteiger partial charge in [-0.1, -0.05) is 23.9 Å². The zero-order valence-corrected chi connectivity index (χ0v) is 16.3. The van der Waals surface area contributed by atoms with Gasteiger partial charge < -0.3 is 9.30 Å². The van der Waals surface area contributed by atoms with Crippen molar-refractivity contribution >= 4 is 17.5 Å². The molecule has 0 saturated heterocycles. The number of methoxy groups -OCH3 is 1. The van der Waals surface area contributed by atoms with Gasteiger partial charge in [-0.15, -0.1) is 0 Å². The summed E-state index contributed by atoms with van der Waals surface area (Å²) in [5, 5.41) is 0.732. The van der Waals surface area contributed by atoms with Gasteiger partial charge in [-0.05, 0) is 57.2 Å². The van der Waals surface area contributed by atoms with Crippen molar-refractivity contribution in [2.75, 3.05) is 13.7 Å². The van der Waals surface area contributed by atoms with E-state index < -0.39 is 0 Å². The Hall–Kier alpha value is -1.59. The van der Waals surface area contributed by atoms with Gasteiger partial charge in [-0.25, -0.2) is 4.98 Å². The van der Waals surface area contributed by atoms with Crippen molar-refractivity contribution < 1.29 is 9.53 Å². The highest BCUT2D eigenvalue weighted by Crippen LogP contribution is 2.29. The molecule has 1 aromatic heterocycles. The second-order valence-corrected chi connectivity index (χ2v) is 7.98. The van der Waals surface area contributed by atoms with Gasteiger partial charge >= 0.3 is 0 Å². The Morgan fingerprint density at radius 3 is 2.84 bits per heavy atom. The summed E-state index contributed by atoms with van der Waals surface area (Å²) in [4.78, 5) is 17.5. The lowest BCUT2D eigenvalue weighted by Crippen LogP contribution is -2.16. The average molecular weight is 359 g/mol. The number of ether oxygens (including phenoxy) is 1. The smallest absolute Gasteiger partial charge is 0.176 e. The molecule has 5 heteroatoms. The molecule has 134 valence electrons. The number of aryl methyl sites for hydroxylation is 3. The minimum absolute atomic E-state index is 0.165. The molecule has 0 spiro atoms. The Balaban J connectivity index is 1.76. The number of hydrogen-bond donors (Lipinski definition) is 0.